The van der Waals surface area contributed by atoms with E-state index in [-0.39, 0.29) is 5.56 Å². The van der Waals surface area contributed by atoms with E-state index in [0.717, 1.165) is 11.3 Å². The second-order valence-electron chi connectivity index (χ2n) is 4.27. The van der Waals surface area contributed by atoms with E-state index in [1.807, 2.05) is 25.1 Å². The minimum Gasteiger partial charge on any atom is -0.398 e. The molecule has 0 aromatic heterocycles. The van der Waals surface area contributed by atoms with Crippen LogP contribution in [0.2, 0.25) is 5.02 Å². The highest BCUT2D eigenvalue weighted by atomic mass is 35.5. The highest BCUT2D eigenvalue weighted by molar-refractivity contribution is 6.33. The standard InChI is InChI=1S/C14H14ClN3O/c1-8-2-4-11(15)13(6-8)18-9-3-5-12(16)10(7-9)14(17)19/h2-7,18H,16H2,1H3,(H2,17,19). The topological polar surface area (TPSA) is 81.1 Å². The minimum absolute atomic E-state index is 0.286. The van der Waals surface area contributed by atoms with E-state index >= 15 is 0 Å². The lowest BCUT2D eigenvalue weighted by atomic mass is 10.1. The van der Waals surface area contributed by atoms with Gasteiger partial charge in [-0.05, 0) is 42.8 Å². The van der Waals surface area contributed by atoms with E-state index in [2.05, 4.69) is 5.32 Å². The fourth-order valence-electron chi connectivity index (χ4n) is 1.74. The molecule has 0 radical (unpaired) electrons. The Morgan fingerprint density at radius 1 is 1.21 bits per heavy atom. The van der Waals surface area contributed by atoms with Crippen molar-refractivity contribution in [2.45, 2.75) is 6.92 Å². The lowest BCUT2D eigenvalue weighted by molar-refractivity contribution is 0.100. The monoisotopic (exact) mass is 275 g/mol. The lowest BCUT2D eigenvalue weighted by Crippen LogP contribution is -2.13. The van der Waals surface area contributed by atoms with Crippen molar-refractivity contribution in [1.29, 1.82) is 0 Å². The van der Waals surface area contributed by atoms with E-state index < -0.39 is 5.91 Å². The molecule has 1 amide bonds. The zero-order valence-corrected chi connectivity index (χ0v) is 11.2. The average Bonchev–Trinajstić information content (AvgIpc) is 2.36. The first-order valence-corrected chi connectivity index (χ1v) is 6.07. The number of aryl methyl sites for hydroxylation is 1. The van der Waals surface area contributed by atoms with E-state index in [0.29, 0.717) is 16.4 Å². The molecule has 5 N–H and O–H groups in total. The summed E-state index contributed by atoms with van der Waals surface area (Å²) in [7, 11) is 0. The second-order valence-corrected chi connectivity index (χ2v) is 4.68. The second kappa shape index (κ2) is 5.20. The number of carbonyl (C=O) groups is 1. The normalized spacial score (nSPS) is 10.2. The number of nitrogen functional groups attached to an aromatic ring is 1. The minimum atomic E-state index is -0.559. The fraction of sp³-hybridized carbons (Fsp3) is 0.0714. The Morgan fingerprint density at radius 2 is 1.95 bits per heavy atom. The van der Waals surface area contributed by atoms with Crippen molar-refractivity contribution in [3.63, 3.8) is 0 Å². The first kappa shape index (κ1) is 13.2. The molecule has 2 aromatic carbocycles. The molecule has 2 aromatic rings. The van der Waals surface area contributed by atoms with Gasteiger partial charge < -0.3 is 16.8 Å². The Labute approximate surface area is 116 Å². The molecule has 0 fully saturated rings. The van der Waals surface area contributed by atoms with E-state index in [4.69, 9.17) is 23.1 Å². The van der Waals surface area contributed by atoms with Gasteiger partial charge in [0.05, 0.1) is 16.3 Å². The van der Waals surface area contributed by atoms with Crippen molar-refractivity contribution in [1.82, 2.24) is 0 Å². The molecule has 0 bridgehead atoms. The third-order valence-corrected chi connectivity index (χ3v) is 3.05. The van der Waals surface area contributed by atoms with Gasteiger partial charge in [0.1, 0.15) is 0 Å². The maximum atomic E-state index is 11.2. The van der Waals surface area contributed by atoms with Crippen molar-refractivity contribution in [2.75, 3.05) is 11.1 Å². The summed E-state index contributed by atoms with van der Waals surface area (Å²) in [5, 5.41) is 3.74. The molecule has 2 rings (SSSR count). The number of halogens is 1. The molecule has 98 valence electrons. The van der Waals surface area contributed by atoms with Crippen LogP contribution >= 0.6 is 11.6 Å². The van der Waals surface area contributed by atoms with Gasteiger partial charge in [-0.1, -0.05) is 17.7 Å². The number of benzene rings is 2. The maximum Gasteiger partial charge on any atom is 0.250 e. The number of nitrogens with one attached hydrogen (secondary N) is 1. The number of anilines is 3. The Bertz CT molecular complexity index is 641. The highest BCUT2D eigenvalue weighted by Gasteiger charge is 2.08. The zero-order valence-electron chi connectivity index (χ0n) is 10.4. The van der Waals surface area contributed by atoms with Crippen LogP contribution in [0.25, 0.3) is 0 Å². The molecule has 0 aliphatic rings. The van der Waals surface area contributed by atoms with Gasteiger partial charge in [-0.15, -0.1) is 0 Å². The highest BCUT2D eigenvalue weighted by Crippen LogP contribution is 2.27. The number of amides is 1. The Hall–Kier alpha value is -2.20. The number of primary amides is 1. The molecule has 5 heteroatoms. The lowest BCUT2D eigenvalue weighted by Gasteiger charge is -2.11. The number of hydrogen-bond donors (Lipinski definition) is 3. The van der Waals surface area contributed by atoms with E-state index in [9.17, 15) is 4.79 Å². The predicted molar refractivity (Wildman–Crippen MR) is 78.8 cm³/mol. The molecule has 4 nitrogen and oxygen atoms in total. The van der Waals surface area contributed by atoms with Gasteiger partial charge >= 0.3 is 0 Å². The number of nitrogens with two attached hydrogens (primary N) is 2. The van der Waals surface area contributed by atoms with Crippen molar-refractivity contribution >= 4 is 34.6 Å². The van der Waals surface area contributed by atoms with Gasteiger partial charge in [0.25, 0.3) is 5.91 Å². The SMILES string of the molecule is Cc1ccc(Cl)c(Nc2ccc(N)c(C(N)=O)c2)c1. The van der Waals surface area contributed by atoms with Gasteiger partial charge in [-0.25, -0.2) is 0 Å². The van der Waals surface area contributed by atoms with Gasteiger partial charge in [-0.2, -0.15) is 0 Å². The molecule has 0 aliphatic heterocycles. The van der Waals surface area contributed by atoms with Crippen LogP contribution in [0.4, 0.5) is 17.1 Å². The zero-order chi connectivity index (χ0) is 14.0. The molecule has 19 heavy (non-hydrogen) atoms. The summed E-state index contributed by atoms with van der Waals surface area (Å²) in [6.45, 7) is 1.97. The van der Waals surface area contributed by atoms with Crippen LogP contribution < -0.4 is 16.8 Å². The molecule has 0 spiro atoms. The van der Waals surface area contributed by atoms with Crippen LogP contribution in [-0.4, -0.2) is 5.91 Å². The maximum absolute atomic E-state index is 11.2. The van der Waals surface area contributed by atoms with Crippen molar-refractivity contribution in [3.05, 3.63) is 52.5 Å². The summed E-state index contributed by atoms with van der Waals surface area (Å²) < 4.78 is 0. The third-order valence-electron chi connectivity index (χ3n) is 2.72. The van der Waals surface area contributed by atoms with E-state index in [1.165, 1.54) is 0 Å². The van der Waals surface area contributed by atoms with Gasteiger partial charge in [0.15, 0.2) is 0 Å². The van der Waals surface area contributed by atoms with Crippen LogP contribution in [-0.2, 0) is 0 Å². The molecule has 0 unspecified atom stereocenters. The molecule has 0 heterocycles. The van der Waals surface area contributed by atoms with E-state index in [1.54, 1.807) is 18.2 Å². The van der Waals surface area contributed by atoms with Crippen LogP contribution in [0.15, 0.2) is 36.4 Å². The Morgan fingerprint density at radius 3 is 2.63 bits per heavy atom. The molecule has 0 atom stereocenters. The quantitative estimate of drug-likeness (QED) is 0.753. The van der Waals surface area contributed by atoms with Crippen molar-refractivity contribution < 1.29 is 4.79 Å². The molecule has 0 saturated heterocycles. The van der Waals surface area contributed by atoms with Crippen molar-refractivity contribution in [3.8, 4) is 0 Å². The molecule has 0 aliphatic carbocycles. The summed E-state index contributed by atoms with van der Waals surface area (Å²) in [6.07, 6.45) is 0. The molecular formula is C14H14ClN3O. The summed E-state index contributed by atoms with van der Waals surface area (Å²) in [5.41, 5.74) is 14.1. The first-order chi connectivity index (χ1) is 8.97. The molecule has 0 saturated carbocycles. The number of carbonyl (C=O) groups excluding carboxylic acids is 1. The fourth-order valence-corrected chi connectivity index (χ4v) is 1.90. The Kier molecular flexibility index (Phi) is 3.62. The summed E-state index contributed by atoms with van der Waals surface area (Å²) in [6, 6.07) is 10.7. The van der Waals surface area contributed by atoms with Crippen molar-refractivity contribution in [2.24, 2.45) is 5.73 Å². The summed E-state index contributed by atoms with van der Waals surface area (Å²) in [4.78, 5) is 11.2. The largest absolute Gasteiger partial charge is 0.398 e. The van der Waals surface area contributed by atoms with Gasteiger partial charge in [-0.3, -0.25) is 4.79 Å². The average molecular weight is 276 g/mol. The van der Waals surface area contributed by atoms with Crippen LogP contribution in [0.3, 0.4) is 0 Å². The number of hydrogen-bond acceptors (Lipinski definition) is 3. The third kappa shape index (κ3) is 2.98. The van der Waals surface area contributed by atoms with Gasteiger partial charge in [0, 0.05) is 11.4 Å². The van der Waals surface area contributed by atoms with Gasteiger partial charge in [0.2, 0.25) is 0 Å². The predicted octanol–water partition coefficient (Wildman–Crippen LogP) is 3.07. The summed E-state index contributed by atoms with van der Waals surface area (Å²) in [5.74, 6) is -0.559. The first-order valence-electron chi connectivity index (χ1n) is 5.70. The summed E-state index contributed by atoms with van der Waals surface area (Å²) >= 11 is 6.10. The smallest absolute Gasteiger partial charge is 0.250 e. The van der Waals surface area contributed by atoms with Crippen LogP contribution in [0, 0.1) is 6.92 Å². The number of rotatable bonds is 3. The van der Waals surface area contributed by atoms with Crippen LogP contribution in [0.1, 0.15) is 15.9 Å². The van der Waals surface area contributed by atoms with Crippen LogP contribution in [0.5, 0.6) is 0 Å². The molecular weight excluding hydrogens is 262 g/mol. The Balaban J connectivity index is 2.36.